The molecule has 0 bridgehead atoms. The first kappa shape index (κ1) is 14.7. The summed E-state index contributed by atoms with van der Waals surface area (Å²) in [6.07, 6.45) is 2.91. The number of hydrogen-bond acceptors (Lipinski definition) is 3. The number of rotatable bonds is 5. The topological polar surface area (TPSA) is 50.4 Å². The van der Waals surface area contributed by atoms with Crippen LogP contribution in [0.15, 0.2) is 24.3 Å². The molecule has 6 heteroatoms. The maximum atomic E-state index is 12.3. The van der Waals surface area contributed by atoms with Gasteiger partial charge in [0.2, 0.25) is 5.91 Å². The molecule has 1 atom stereocenters. The van der Waals surface area contributed by atoms with Crippen molar-refractivity contribution < 1.29 is 18.3 Å². The molecule has 20 heavy (non-hydrogen) atoms. The Kier molecular flexibility index (Phi) is 5.29. The Labute approximate surface area is 116 Å². The van der Waals surface area contributed by atoms with Crippen molar-refractivity contribution in [3.63, 3.8) is 0 Å². The Bertz CT molecular complexity index is 449. The molecule has 110 valence electrons. The number of alkyl halides is 2. The van der Waals surface area contributed by atoms with Crippen LogP contribution in [0.2, 0.25) is 0 Å². The lowest BCUT2D eigenvalue weighted by molar-refractivity contribution is -0.123. The highest BCUT2D eigenvalue weighted by atomic mass is 19.3. The van der Waals surface area contributed by atoms with E-state index in [1.807, 2.05) is 0 Å². The molecule has 2 rings (SSSR count). The minimum atomic E-state index is -2.87. The lowest BCUT2D eigenvalue weighted by Crippen LogP contribution is -2.46. The fraction of sp³-hybridized carbons (Fsp3) is 0.500. The highest BCUT2D eigenvalue weighted by Gasteiger charge is 2.20. The van der Waals surface area contributed by atoms with Crippen molar-refractivity contribution in [1.82, 2.24) is 10.6 Å². The molecule has 2 N–H and O–H groups in total. The molecule has 1 aromatic rings. The molecule has 0 spiro atoms. The molecule has 1 heterocycles. The van der Waals surface area contributed by atoms with Crippen LogP contribution in [-0.4, -0.2) is 25.1 Å². The van der Waals surface area contributed by atoms with E-state index in [2.05, 4.69) is 15.4 Å². The summed E-state index contributed by atoms with van der Waals surface area (Å²) in [5.74, 6) is -0.00375. The number of amides is 1. The van der Waals surface area contributed by atoms with Gasteiger partial charge in [0.1, 0.15) is 5.75 Å². The van der Waals surface area contributed by atoms with E-state index in [1.165, 1.54) is 6.07 Å². The van der Waals surface area contributed by atoms with Gasteiger partial charge in [0, 0.05) is 12.1 Å². The Hall–Kier alpha value is -1.69. The quantitative estimate of drug-likeness (QED) is 0.870. The minimum absolute atomic E-state index is 0.0967. The van der Waals surface area contributed by atoms with Gasteiger partial charge in [-0.2, -0.15) is 8.78 Å². The number of para-hydroxylation sites is 1. The van der Waals surface area contributed by atoms with E-state index in [0.717, 1.165) is 25.8 Å². The third kappa shape index (κ3) is 4.16. The zero-order valence-electron chi connectivity index (χ0n) is 11.1. The third-order valence-electron chi connectivity index (χ3n) is 3.27. The number of carbonyl (C=O) groups excluding carboxylic acids is 1. The van der Waals surface area contributed by atoms with Gasteiger partial charge < -0.3 is 15.4 Å². The maximum absolute atomic E-state index is 12.3. The number of carbonyl (C=O) groups is 1. The van der Waals surface area contributed by atoms with Gasteiger partial charge >= 0.3 is 6.61 Å². The number of piperidine rings is 1. The van der Waals surface area contributed by atoms with Crippen LogP contribution in [-0.2, 0) is 11.3 Å². The summed E-state index contributed by atoms with van der Waals surface area (Å²) in [6, 6.07) is 6.27. The molecule has 1 unspecified atom stereocenters. The molecule has 0 saturated carbocycles. The molecule has 1 amide bonds. The summed E-state index contributed by atoms with van der Waals surface area (Å²) in [5.41, 5.74) is 0.539. The van der Waals surface area contributed by atoms with Crippen molar-refractivity contribution in [1.29, 1.82) is 0 Å². The second-order valence-electron chi connectivity index (χ2n) is 4.71. The lowest BCUT2D eigenvalue weighted by atomic mass is 10.0. The second kappa shape index (κ2) is 7.19. The Balaban J connectivity index is 1.91. The van der Waals surface area contributed by atoms with Gasteiger partial charge in [-0.1, -0.05) is 24.6 Å². The standard InChI is InChI=1S/C14H18F2N2O2/c15-14(16)20-12-7-2-1-5-10(12)9-18-13(19)11-6-3-4-8-17-11/h1-2,5,7,11,14,17H,3-4,6,8-9H2,(H,18,19). The van der Waals surface area contributed by atoms with Crippen LogP contribution in [0.1, 0.15) is 24.8 Å². The molecular formula is C14H18F2N2O2. The van der Waals surface area contributed by atoms with Crippen molar-refractivity contribution >= 4 is 5.91 Å². The monoisotopic (exact) mass is 284 g/mol. The van der Waals surface area contributed by atoms with Crippen LogP contribution >= 0.6 is 0 Å². The van der Waals surface area contributed by atoms with E-state index in [9.17, 15) is 13.6 Å². The van der Waals surface area contributed by atoms with Crippen LogP contribution in [0.4, 0.5) is 8.78 Å². The highest BCUT2D eigenvalue weighted by molar-refractivity contribution is 5.81. The summed E-state index contributed by atoms with van der Waals surface area (Å²) >= 11 is 0. The average Bonchev–Trinajstić information content (AvgIpc) is 2.46. The Morgan fingerprint density at radius 3 is 2.90 bits per heavy atom. The SMILES string of the molecule is O=C(NCc1ccccc1OC(F)F)C1CCCCN1. The third-order valence-corrected chi connectivity index (χ3v) is 3.27. The lowest BCUT2D eigenvalue weighted by Gasteiger charge is -2.22. The molecule has 1 fully saturated rings. The zero-order chi connectivity index (χ0) is 14.4. The van der Waals surface area contributed by atoms with Crippen LogP contribution in [0.5, 0.6) is 5.75 Å². The van der Waals surface area contributed by atoms with E-state index in [1.54, 1.807) is 18.2 Å². The summed E-state index contributed by atoms with van der Waals surface area (Å²) in [5, 5.41) is 5.89. The van der Waals surface area contributed by atoms with Gasteiger partial charge in [-0.05, 0) is 25.5 Å². The molecule has 1 aromatic carbocycles. The Morgan fingerprint density at radius 1 is 1.40 bits per heavy atom. The number of ether oxygens (including phenoxy) is 1. The van der Waals surface area contributed by atoms with Gasteiger partial charge in [0.25, 0.3) is 0 Å². The van der Waals surface area contributed by atoms with Crippen LogP contribution in [0, 0.1) is 0 Å². The first-order valence-electron chi connectivity index (χ1n) is 6.70. The largest absolute Gasteiger partial charge is 0.434 e. The fourth-order valence-electron chi connectivity index (χ4n) is 2.24. The molecular weight excluding hydrogens is 266 g/mol. The van der Waals surface area contributed by atoms with Crippen LogP contribution in [0.3, 0.4) is 0 Å². The number of halogens is 2. The summed E-state index contributed by atoms with van der Waals surface area (Å²) in [7, 11) is 0. The molecule has 1 aliphatic heterocycles. The van der Waals surface area contributed by atoms with E-state index >= 15 is 0 Å². The first-order chi connectivity index (χ1) is 9.66. The molecule has 1 saturated heterocycles. The highest BCUT2D eigenvalue weighted by Crippen LogP contribution is 2.20. The Morgan fingerprint density at radius 2 is 2.20 bits per heavy atom. The van der Waals surface area contributed by atoms with Gasteiger partial charge in [-0.25, -0.2) is 0 Å². The summed E-state index contributed by atoms with van der Waals surface area (Å²) in [4.78, 5) is 11.9. The summed E-state index contributed by atoms with van der Waals surface area (Å²) in [6.45, 7) is -1.85. The van der Waals surface area contributed by atoms with Gasteiger partial charge in [-0.15, -0.1) is 0 Å². The van der Waals surface area contributed by atoms with E-state index in [0.29, 0.717) is 5.56 Å². The van der Waals surface area contributed by atoms with Crippen LogP contribution in [0.25, 0.3) is 0 Å². The summed E-state index contributed by atoms with van der Waals surface area (Å²) < 4.78 is 29.0. The molecule has 1 aliphatic rings. The normalized spacial score (nSPS) is 18.9. The van der Waals surface area contributed by atoms with E-state index in [4.69, 9.17) is 0 Å². The van der Waals surface area contributed by atoms with Crippen molar-refractivity contribution in [2.75, 3.05) is 6.54 Å². The fourth-order valence-corrected chi connectivity index (χ4v) is 2.24. The second-order valence-corrected chi connectivity index (χ2v) is 4.71. The van der Waals surface area contributed by atoms with Crippen molar-refractivity contribution in [3.05, 3.63) is 29.8 Å². The number of hydrogen-bond donors (Lipinski definition) is 2. The molecule has 0 aliphatic carbocycles. The van der Waals surface area contributed by atoms with Crippen molar-refractivity contribution in [2.24, 2.45) is 0 Å². The van der Waals surface area contributed by atoms with Crippen molar-refractivity contribution in [3.8, 4) is 5.75 Å². The predicted molar refractivity (Wildman–Crippen MR) is 70.6 cm³/mol. The van der Waals surface area contributed by atoms with Crippen molar-refractivity contribution in [2.45, 2.75) is 38.5 Å². The first-order valence-corrected chi connectivity index (χ1v) is 6.70. The number of nitrogens with one attached hydrogen (secondary N) is 2. The predicted octanol–water partition coefficient (Wildman–Crippen LogP) is 2.05. The van der Waals surface area contributed by atoms with E-state index < -0.39 is 6.61 Å². The van der Waals surface area contributed by atoms with Gasteiger partial charge in [0.05, 0.1) is 6.04 Å². The van der Waals surface area contributed by atoms with Crippen LogP contribution < -0.4 is 15.4 Å². The number of benzene rings is 1. The van der Waals surface area contributed by atoms with Gasteiger partial charge in [-0.3, -0.25) is 4.79 Å². The van der Waals surface area contributed by atoms with Gasteiger partial charge in [0.15, 0.2) is 0 Å². The molecule has 4 nitrogen and oxygen atoms in total. The maximum Gasteiger partial charge on any atom is 0.387 e. The smallest absolute Gasteiger partial charge is 0.387 e. The van der Waals surface area contributed by atoms with E-state index in [-0.39, 0.29) is 24.2 Å². The molecule has 0 aromatic heterocycles. The minimum Gasteiger partial charge on any atom is -0.434 e. The zero-order valence-corrected chi connectivity index (χ0v) is 11.1. The molecule has 0 radical (unpaired) electrons. The average molecular weight is 284 g/mol.